The van der Waals surface area contributed by atoms with E-state index in [0.717, 1.165) is 61.2 Å². The average Bonchev–Trinajstić information content (AvgIpc) is 3.51. The normalized spacial score (nSPS) is 17.4. The molecular formula is C45H48N3O9S3+. The van der Waals surface area contributed by atoms with Crippen LogP contribution in [0.2, 0.25) is 0 Å². The Labute approximate surface area is 351 Å². The maximum Gasteiger partial charge on any atom is 0.294 e. The van der Waals surface area contributed by atoms with Crippen LogP contribution in [0.3, 0.4) is 0 Å². The number of aryl methyl sites for hydroxylation is 1. The van der Waals surface area contributed by atoms with Crippen LogP contribution in [-0.2, 0) is 41.2 Å². The first-order valence-electron chi connectivity index (χ1n) is 19.5. The molecule has 0 aliphatic carbocycles. The van der Waals surface area contributed by atoms with Gasteiger partial charge in [0.05, 0.1) is 27.5 Å². The van der Waals surface area contributed by atoms with E-state index >= 15 is 0 Å². The number of hydrogen-bond donors (Lipinski definition) is 3. The maximum absolute atomic E-state index is 12.0. The first kappa shape index (κ1) is 43.1. The van der Waals surface area contributed by atoms with E-state index in [1.165, 1.54) is 12.1 Å². The van der Waals surface area contributed by atoms with Gasteiger partial charge in [0.15, 0.2) is 5.71 Å². The Hall–Kier alpha value is -5.03. The lowest BCUT2D eigenvalue weighted by molar-refractivity contribution is -0.437. The van der Waals surface area contributed by atoms with Crippen molar-refractivity contribution in [2.75, 3.05) is 29.5 Å². The largest absolute Gasteiger partial charge is 0.344 e. The number of fused-ring (bicyclic) bond motifs is 6. The third-order valence-corrected chi connectivity index (χ3v) is 13.9. The highest BCUT2D eigenvalue weighted by molar-refractivity contribution is 7.86. The third kappa shape index (κ3) is 8.60. The fraction of sp³-hybridized carbons (Fsp3) is 0.289. The lowest BCUT2D eigenvalue weighted by atomic mass is 9.78. The number of benzene rings is 4. The smallest absolute Gasteiger partial charge is 0.294 e. The predicted molar refractivity (Wildman–Crippen MR) is 237 cm³/mol. The van der Waals surface area contributed by atoms with Crippen molar-refractivity contribution in [3.63, 3.8) is 0 Å². The van der Waals surface area contributed by atoms with Crippen molar-refractivity contribution in [2.24, 2.45) is 0 Å². The molecule has 1 aromatic heterocycles. The molecule has 0 saturated carbocycles. The summed E-state index contributed by atoms with van der Waals surface area (Å²) in [6.07, 6.45) is 9.96. The molecule has 314 valence electrons. The van der Waals surface area contributed by atoms with Crippen LogP contribution in [0, 0.1) is 6.92 Å². The second kappa shape index (κ2) is 15.8. The molecule has 0 radical (unpaired) electrons. The molecule has 0 atom stereocenters. The van der Waals surface area contributed by atoms with Crippen molar-refractivity contribution in [1.82, 2.24) is 4.98 Å². The Morgan fingerprint density at radius 2 is 1.43 bits per heavy atom. The maximum atomic E-state index is 12.0. The standard InChI is InChI=1S/C45H47N3O9S3/c1-30-11-17-35-32(28-30)12-19-38-42(35)44(2,3)40(47(38)24-8-26-58(49,50)51)21-14-31(37-10-6-7-23-46-37)15-22-41-45(4,5)43-36-18-16-34(60(55,56)57)29-33(36)13-20-39(43)48(41)25-9-27-59(52,53)54/h6-7,10-23,28-29H,8-9,24-27H2,1-5H3,(H2-,49,50,51,52,53,54,55,56,57)/p+1. The van der Waals surface area contributed by atoms with Gasteiger partial charge in [-0.2, -0.15) is 29.8 Å². The molecule has 2 aliphatic heterocycles. The van der Waals surface area contributed by atoms with Gasteiger partial charge in [-0.25, -0.2) is 0 Å². The van der Waals surface area contributed by atoms with Crippen LogP contribution in [0.5, 0.6) is 0 Å². The monoisotopic (exact) mass is 870 g/mol. The Morgan fingerprint density at radius 3 is 2.12 bits per heavy atom. The zero-order chi connectivity index (χ0) is 43.4. The molecule has 0 fully saturated rings. The van der Waals surface area contributed by atoms with Gasteiger partial charge in [-0.1, -0.05) is 61.9 Å². The molecule has 12 nitrogen and oxygen atoms in total. The van der Waals surface area contributed by atoms with Crippen LogP contribution < -0.4 is 4.90 Å². The highest BCUT2D eigenvalue weighted by Crippen LogP contribution is 2.51. The molecule has 7 rings (SSSR count). The van der Waals surface area contributed by atoms with Crippen LogP contribution >= 0.6 is 0 Å². The van der Waals surface area contributed by atoms with E-state index in [0.29, 0.717) is 17.6 Å². The molecule has 0 saturated heterocycles. The molecular weight excluding hydrogens is 823 g/mol. The number of allylic oxidation sites excluding steroid dienone is 6. The Morgan fingerprint density at radius 1 is 0.767 bits per heavy atom. The summed E-state index contributed by atoms with van der Waals surface area (Å²) in [6, 6.07) is 24.2. The van der Waals surface area contributed by atoms with E-state index in [1.807, 2.05) is 67.3 Å². The Kier molecular flexibility index (Phi) is 11.3. The summed E-state index contributed by atoms with van der Waals surface area (Å²) in [6.45, 7) is 11.0. The summed E-state index contributed by atoms with van der Waals surface area (Å²) < 4.78 is 102. The molecule has 0 bridgehead atoms. The Bertz CT molecular complexity index is 3020. The van der Waals surface area contributed by atoms with Gasteiger partial charge in [0.2, 0.25) is 5.69 Å². The number of pyridine rings is 1. The Balaban J connectivity index is 1.37. The third-order valence-electron chi connectivity index (χ3n) is 11.5. The molecule has 3 heterocycles. The number of rotatable bonds is 13. The first-order chi connectivity index (χ1) is 28.1. The summed E-state index contributed by atoms with van der Waals surface area (Å²) in [7, 11) is -12.9. The number of anilines is 1. The molecule has 15 heteroatoms. The summed E-state index contributed by atoms with van der Waals surface area (Å²) in [4.78, 5) is 6.47. The number of nitrogens with zero attached hydrogens (tertiary/aromatic N) is 3. The van der Waals surface area contributed by atoms with Crippen LogP contribution in [0.4, 0.5) is 11.4 Å². The minimum atomic E-state index is -4.45. The van der Waals surface area contributed by atoms with Crippen molar-refractivity contribution in [3.8, 4) is 0 Å². The van der Waals surface area contributed by atoms with Crippen molar-refractivity contribution in [2.45, 2.75) is 63.2 Å². The van der Waals surface area contributed by atoms with Crippen molar-refractivity contribution in [1.29, 1.82) is 0 Å². The van der Waals surface area contributed by atoms with Gasteiger partial charge < -0.3 is 4.90 Å². The average molecular weight is 871 g/mol. The van der Waals surface area contributed by atoms with Gasteiger partial charge in [-0.3, -0.25) is 18.6 Å². The highest BCUT2D eigenvalue weighted by atomic mass is 32.2. The van der Waals surface area contributed by atoms with E-state index in [9.17, 15) is 38.9 Å². The van der Waals surface area contributed by atoms with Crippen LogP contribution in [0.15, 0.2) is 120 Å². The first-order valence-corrected chi connectivity index (χ1v) is 24.2. The molecule has 60 heavy (non-hydrogen) atoms. The highest BCUT2D eigenvalue weighted by Gasteiger charge is 2.46. The van der Waals surface area contributed by atoms with Gasteiger partial charge in [-0.05, 0) is 103 Å². The quantitative estimate of drug-likeness (QED) is 0.0589. The second-order valence-electron chi connectivity index (χ2n) is 16.4. The molecule has 0 amide bonds. The lowest BCUT2D eigenvalue weighted by Crippen LogP contribution is -2.28. The fourth-order valence-corrected chi connectivity index (χ4v) is 10.3. The predicted octanol–water partition coefficient (Wildman–Crippen LogP) is 8.20. The minimum absolute atomic E-state index is 0.123. The van der Waals surface area contributed by atoms with Gasteiger partial charge in [0, 0.05) is 59.2 Å². The summed E-state index contributed by atoms with van der Waals surface area (Å²) in [5.74, 6) is -0.826. The van der Waals surface area contributed by atoms with Crippen LogP contribution in [0.25, 0.3) is 27.1 Å². The summed E-state index contributed by atoms with van der Waals surface area (Å²) in [5.41, 5.74) is 6.81. The van der Waals surface area contributed by atoms with E-state index in [2.05, 4.69) is 60.7 Å². The van der Waals surface area contributed by atoms with E-state index in [1.54, 1.807) is 18.3 Å². The van der Waals surface area contributed by atoms with Gasteiger partial charge >= 0.3 is 0 Å². The summed E-state index contributed by atoms with van der Waals surface area (Å²) in [5, 5.41) is 3.55. The fourth-order valence-electron chi connectivity index (χ4n) is 8.83. The molecule has 2 aliphatic rings. The summed E-state index contributed by atoms with van der Waals surface area (Å²) >= 11 is 0. The van der Waals surface area contributed by atoms with E-state index in [-0.39, 0.29) is 30.0 Å². The topological polar surface area (TPSA) is 182 Å². The minimum Gasteiger partial charge on any atom is -0.344 e. The van der Waals surface area contributed by atoms with E-state index in [4.69, 9.17) is 0 Å². The van der Waals surface area contributed by atoms with E-state index < -0.39 is 46.9 Å². The van der Waals surface area contributed by atoms with Gasteiger partial charge in [-0.15, -0.1) is 0 Å². The SMILES string of the molecule is Cc1ccc2c3c(ccc2c1)[N+](CCCS(=O)(=O)O)=C(C=CC(=CC=C1N(CCCS(=O)(=O)O)c2ccc4cc(S(=O)(=O)O)ccc4c2C1(C)C)c1ccccn1)C3(C)C. The molecule has 0 unspecified atom stereocenters. The zero-order valence-electron chi connectivity index (χ0n) is 34.0. The lowest BCUT2D eigenvalue weighted by Gasteiger charge is -2.27. The molecule has 4 aromatic carbocycles. The number of aromatic nitrogens is 1. The molecule has 0 spiro atoms. The molecule has 5 aromatic rings. The van der Waals surface area contributed by atoms with Crippen molar-refractivity contribution >= 4 is 74.6 Å². The van der Waals surface area contributed by atoms with Gasteiger partial charge in [0.1, 0.15) is 6.54 Å². The zero-order valence-corrected chi connectivity index (χ0v) is 36.4. The molecule has 3 N–H and O–H groups in total. The van der Waals surface area contributed by atoms with Crippen molar-refractivity contribution in [3.05, 3.63) is 137 Å². The number of hydrogen-bond acceptors (Lipinski definition) is 8. The van der Waals surface area contributed by atoms with Crippen LogP contribution in [0.1, 0.15) is 62.9 Å². The second-order valence-corrected chi connectivity index (χ2v) is 21.0. The van der Waals surface area contributed by atoms with Crippen LogP contribution in [-0.4, -0.2) is 78.8 Å². The van der Waals surface area contributed by atoms with Gasteiger partial charge in [0.25, 0.3) is 30.4 Å². The van der Waals surface area contributed by atoms with Crippen molar-refractivity contribution < 1.29 is 43.5 Å².